The van der Waals surface area contributed by atoms with Crippen molar-refractivity contribution in [2.24, 2.45) is 0 Å². The van der Waals surface area contributed by atoms with E-state index in [4.69, 9.17) is 16.3 Å². The van der Waals surface area contributed by atoms with Crippen molar-refractivity contribution in [3.05, 3.63) is 46.9 Å². The Morgan fingerprint density at radius 1 is 1.35 bits per heavy atom. The molecule has 6 heteroatoms. The van der Waals surface area contributed by atoms with Gasteiger partial charge in [0.05, 0.1) is 6.61 Å². The molecule has 0 bridgehead atoms. The van der Waals surface area contributed by atoms with Gasteiger partial charge in [0, 0.05) is 16.8 Å². The Bertz CT molecular complexity index is 632. The Labute approximate surface area is 122 Å². The molecule has 0 unspecified atom stereocenters. The molecule has 0 saturated heterocycles. The summed E-state index contributed by atoms with van der Waals surface area (Å²) in [5.74, 6) is 0.0304. The number of nitrogens with one attached hydrogen (secondary N) is 1. The predicted octanol–water partition coefficient (Wildman–Crippen LogP) is 3.09. The van der Waals surface area contributed by atoms with E-state index in [1.807, 2.05) is 19.9 Å². The minimum absolute atomic E-state index is 0.236. The summed E-state index contributed by atoms with van der Waals surface area (Å²) in [4.78, 5) is 19.9. The van der Waals surface area contributed by atoms with Crippen molar-refractivity contribution in [2.45, 2.75) is 13.8 Å². The highest BCUT2D eigenvalue weighted by Gasteiger charge is 2.10. The van der Waals surface area contributed by atoms with E-state index in [2.05, 4.69) is 15.3 Å². The third-order valence-corrected chi connectivity index (χ3v) is 3.00. The van der Waals surface area contributed by atoms with Gasteiger partial charge in [0.25, 0.3) is 5.91 Å². The molecule has 1 heterocycles. The summed E-state index contributed by atoms with van der Waals surface area (Å²) in [5.41, 5.74) is 1.80. The van der Waals surface area contributed by atoms with Gasteiger partial charge in [-0.15, -0.1) is 0 Å². The molecule has 0 aliphatic carbocycles. The highest BCUT2D eigenvalue weighted by atomic mass is 35.5. The topological polar surface area (TPSA) is 64.1 Å². The molecule has 2 rings (SSSR count). The minimum atomic E-state index is -0.340. The number of aryl methyl sites for hydroxylation is 1. The quantitative estimate of drug-likeness (QED) is 0.940. The number of ether oxygens (including phenoxy) is 1. The van der Waals surface area contributed by atoms with E-state index in [1.165, 1.54) is 12.4 Å². The first kappa shape index (κ1) is 14.3. The van der Waals surface area contributed by atoms with Crippen LogP contribution in [0.15, 0.2) is 30.6 Å². The van der Waals surface area contributed by atoms with Crippen LogP contribution in [0.5, 0.6) is 5.88 Å². The second-order valence-electron chi connectivity index (χ2n) is 4.09. The molecule has 1 amide bonds. The number of hydrogen-bond donors (Lipinski definition) is 1. The Balaban J connectivity index is 2.15. The molecule has 0 aliphatic heterocycles. The number of halogens is 1. The summed E-state index contributed by atoms with van der Waals surface area (Å²) in [6.45, 7) is 4.22. The van der Waals surface area contributed by atoms with Crippen LogP contribution in [0.3, 0.4) is 0 Å². The van der Waals surface area contributed by atoms with Crippen molar-refractivity contribution in [2.75, 3.05) is 11.9 Å². The van der Waals surface area contributed by atoms with Gasteiger partial charge >= 0.3 is 0 Å². The van der Waals surface area contributed by atoms with Crippen LogP contribution >= 0.6 is 11.6 Å². The van der Waals surface area contributed by atoms with E-state index in [0.29, 0.717) is 23.2 Å². The zero-order valence-corrected chi connectivity index (χ0v) is 11.9. The maximum Gasteiger partial charge on any atom is 0.274 e. The fourth-order valence-corrected chi connectivity index (χ4v) is 1.74. The van der Waals surface area contributed by atoms with Gasteiger partial charge in [-0.1, -0.05) is 17.7 Å². The standard InChI is InChI=1S/C14H14ClN3O2/c1-3-20-13-7-12(16-8-17-13)14(19)18-10-5-4-9(2)11(15)6-10/h4-8H,3H2,1-2H3,(H,18,19). The smallest absolute Gasteiger partial charge is 0.274 e. The highest BCUT2D eigenvalue weighted by molar-refractivity contribution is 6.31. The zero-order chi connectivity index (χ0) is 14.5. The molecule has 0 radical (unpaired) electrons. The molecule has 0 spiro atoms. The van der Waals surface area contributed by atoms with Crippen LogP contribution in [-0.4, -0.2) is 22.5 Å². The maximum absolute atomic E-state index is 12.1. The first-order valence-electron chi connectivity index (χ1n) is 6.12. The number of benzene rings is 1. The van der Waals surface area contributed by atoms with Crippen LogP contribution in [0.1, 0.15) is 23.0 Å². The molecule has 5 nitrogen and oxygen atoms in total. The normalized spacial score (nSPS) is 10.2. The summed E-state index contributed by atoms with van der Waals surface area (Å²) in [5, 5.41) is 3.32. The molecule has 20 heavy (non-hydrogen) atoms. The number of amides is 1. The van der Waals surface area contributed by atoms with Gasteiger partial charge < -0.3 is 10.1 Å². The van der Waals surface area contributed by atoms with Gasteiger partial charge in [-0.2, -0.15) is 0 Å². The van der Waals surface area contributed by atoms with E-state index < -0.39 is 0 Å². The van der Waals surface area contributed by atoms with Crippen LogP contribution in [0, 0.1) is 6.92 Å². The van der Waals surface area contributed by atoms with Crippen molar-refractivity contribution in [3.63, 3.8) is 0 Å². The summed E-state index contributed by atoms with van der Waals surface area (Å²) in [7, 11) is 0. The van der Waals surface area contributed by atoms with Gasteiger partial charge in [0.2, 0.25) is 5.88 Å². The molecular weight excluding hydrogens is 278 g/mol. The van der Waals surface area contributed by atoms with Crippen molar-refractivity contribution in [1.29, 1.82) is 0 Å². The minimum Gasteiger partial charge on any atom is -0.478 e. The van der Waals surface area contributed by atoms with Crippen LogP contribution in [0.4, 0.5) is 5.69 Å². The number of carbonyl (C=O) groups is 1. The summed E-state index contributed by atoms with van der Waals surface area (Å²) < 4.78 is 5.23. The van der Waals surface area contributed by atoms with Crippen LogP contribution in [0.2, 0.25) is 5.02 Å². The Hall–Kier alpha value is -2.14. The highest BCUT2D eigenvalue weighted by Crippen LogP contribution is 2.20. The van der Waals surface area contributed by atoms with Gasteiger partial charge in [-0.25, -0.2) is 9.97 Å². The first-order valence-corrected chi connectivity index (χ1v) is 6.50. The third-order valence-electron chi connectivity index (χ3n) is 2.60. The molecule has 0 atom stereocenters. The fraction of sp³-hybridized carbons (Fsp3) is 0.214. The van der Waals surface area contributed by atoms with Gasteiger partial charge in [-0.05, 0) is 31.5 Å². The molecule has 0 saturated carbocycles. The van der Waals surface area contributed by atoms with Crippen LogP contribution < -0.4 is 10.1 Å². The van der Waals surface area contributed by atoms with Crippen molar-refractivity contribution >= 4 is 23.2 Å². The number of aromatic nitrogens is 2. The molecular formula is C14H14ClN3O2. The Morgan fingerprint density at radius 3 is 2.85 bits per heavy atom. The maximum atomic E-state index is 12.1. The van der Waals surface area contributed by atoms with E-state index in [1.54, 1.807) is 12.1 Å². The van der Waals surface area contributed by atoms with Crippen molar-refractivity contribution < 1.29 is 9.53 Å². The number of nitrogens with zero attached hydrogens (tertiary/aromatic N) is 2. The monoisotopic (exact) mass is 291 g/mol. The Kier molecular flexibility index (Phi) is 4.53. The molecule has 0 fully saturated rings. The van der Waals surface area contributed by atoms with Crippen LogP contribution in [-0.2, 0) is 0 Å². The molecule has 1 aromatic carbocycles. The number of hydrogen-bond acceptors (Lipinski definition) is 4. The van der Waals surface area contributed by atoms with E-state index in [0.717, 1.165) is 5.56 Å². The van der Waals surface area contributed by atoms with Crippen molar-refractivity contribution in [3.8, 4) is 5.88 Å². The SMILES string of the molecule is CCOc1cc(C(=O)Nc2ccc(C)c(Cl)c2)ncn1. The Morgan fingerprint density at radius 2 is 2.15 bits per heavy atom. The lowest BCUT2D eigenvalue weighted by atomic mass is 10.2. The lowest BCUT2D eigenvalue weighted by molar-refractivity contribution is 0.102. The number of carbonyl (C=O) groups excluding carboxylic acids is 1. The lowest BCUT2D eigenvalue weighted by Crippen LogP contribution is -2.14. The molecule has 104 valence electrons. The number of rotatable bonds is 4. The second-order valence-corrected chi connectivity index (χ2v) is 4.50. The summed E-state index contributed by atoms with van der Waals surface area (Å²) in [6.07, 6.45) is 1.29. The van der Waals surface area contributed by atoms with Crippen LogP contribution in [0.25, 0.3) is 0 Å². The molecule has 2 aromatic rings. The largest absolute Gasteiger partial charge is 0.478 e. The second kappa shape index (κ2) is 6.34. The fourth-order valence-electron chi connectivity index (χ4n) is 1.56. The van der Waals surface area contributed by atoms with E-state index in [9.17, 15) is 4.79 Å². The zero-order valence-electron chi connectivity index (χ0n) is 11.2. The predicted molar refractivity (Wildman–Crippen MR) is 77.3 cm³/mol. The molecule has 0 aliphatic rings. The first-order chi connectivity index (χ1) is 9.60. The van der Waals surface area contributed by atoms with Crippen molar-refractivity contribution in [1.82, 2.24) is 9.97 Å². The summed E-state index contributed by atoms with van der Waals surface area (Å²) >= 11 is 6.01. The van der Waals surface area contributed by atoms with Gasteiger partial charge in [-0.3, -0.25) is 4.79 Å². The summed E-state index contributed by atoms with van der Waals surface area (Å²) in [6, 6.07) is 6.81. The lowest BCUT2D eigenvalue weighted by Gasteiger charge is -2.07. The molecule has 1 aromatic heterocycles. The molecule has 1 N–H and O–H groups in total. The average molecular weight is 292 g/mol. The third kappa shape index (κ3) is 3.45. The van der Waals surface area contributed by atoms with Gasteiger partial charge in [0.15, 0.2) is 0 Å². The van der Waals surface area contributed by atoms with Gasteiger partial charge in [0.1, 0.15) is 12.0 Å². The van der Waals surface area contributed by atoms with E-state index >= 15 is 0 Å². The van der Waals surface area contributed by atoms with E-state index in [-0.39, 0.29) is 11.6 Å². The average Bonchev–Trinajstić information content (AvgIpc) is 2.43. The number of anilines is 1.